The largest absolute Gasteiger partial charge is 0.350 e. The number of hydrogen-bond acceptors (Lipinski definition) is 1. The second-order valence-electron chi connectivity index (χ2n) is 4.22. The van der Waals surface area contributed by atoms with Crippen LogP contribution < -0.4 is 5.32 Å². The van der Waals surface area contributed by atoms with Gasteiger partial charge in [-0.3, -0.25) is 4.79 Å². The van der Waals surface area contributed by atoms with Gasteiger partial charge in [0.15, 0.2) is 6.17 Å². The smallest absolute Gasteiger partial charge is 0.255 e. The summed E-state index contributed by atoms with van der Waals surface area (Å²) >= 11 is 0. The zero-order valence-corrected chi connectivity index (χ0v) is 8.51. The fourth-order valence-electron chi connectivity index (χ4n) is 2.00. The van der Waals surface area contributed by atoms with Crippen LogP contribution in [0.1, 0.15) is 33.6 Å². The Balaban J connectivity index is 2.59. The van der Waals surface area contributed by atoms with Gasteiger partial charge in [-0.05, 0) is 18.8 Å². The van der Waals surface area contributed by atoms with E-state index in [4.69, 9.17) is 0 Å². The number of nitrogens with one attached hydrogen (secondary N) is 1. The van der Waals surface area contributed by atoms with Crippen LogP contribution in [0.3, 0.4) is 0 Å². The Labute approximate surface area is 78.9 Å². The molecule has 0 aromatic rings. The SMILES string of the molecule is CCC1C(CC(C)C)NC(=O)C1F. The third kappa shape index (κ3) is 2.20. The number of carbonyl (C=O) groups excluding carboxylic acids is 1. The Morgan fingerprint density at radius 3 is 2.62 bits per heavy atom. The molecule has 1 aliphatic rings. The van der Waals surface area contributed by atoms with Crippen LogP contribution in [0.4, 0.5) is 4.39 Å². The quantitative estimate of drug-likeness (QED) is 0.718. The maximum Gasteiger partial charge on any atom is 0.255 e. The van der Waals surface area contributed by atoms with Crippen LogP contribution in [0.25, 0.3) is 0 Å². The van der Waals surface area contributed by atoms with Gasteiger partial charge < -0.3 is 5.32 Å². The Bertz CT molecular complexity index is 193. The Kier molecular flexibility index (Phi) is 3.28. The molecule has 3 atom stereocenters. The van der Waals surface area contributed by atoms with E-state index in [0.29, 0.717) is 5.92 Å². The lowest BCUT2D eigenvalue weighted by Crippen LogP contribution is -2.30. The van der Waals surface area contributed by atoms with E-state index < -0.39 is 12.1 Å². The summed E-state index contributed by atoms with van der Waals surface area (Å²) in [6.07, 6.45) is 0.329. The summed E-state index contributed by atoms with van der Waals surface area (Å²) in [5, 5.41) is 2.72. The van der Waals surface area contributed by atoms with Gasteiger partial charge in [-0.25, -0.2) is 4.39 Å². The number of rotatable bonds is 3. The van der Waals surface area contributed by atoms with Gasteiger partial charge in [-0.15, -0.1) is 0 Å². The van der Waals surface area contributed by atoms with E-state index in [9.17, 15) is 9.18 Å². The van der Waals surface area contributed by atoms with Gasteiger partial charge in [-0.2, -0.15) is 0 Å². The molecule has 0 aromatic heterocycles. The monoisotopic (exact) mass is 187 g/mol. The average Bonchev–Trinajstić information content (AvgIpc) is 2.27. The van der Waals surface area contributed by atoms with Crippen LogP contribution in [0.15, 0.2) is 0 Å². The van der Waals surface area contributed by atoms with Gasteiger partial charge in [0.25, 0.3) is 5.91 Å². The molecule has 1 rings (SSSR count). The van der Waals surface area contributed by atoms with Gasteiger partial charge in [0, 0.05) is 12.0 Å². The highest BCUT2D eigenvalue weighted by atomic mass is 19.1. The lowest BCUT2D eigenvalue weighted by molar-refractivity contribution is -0.123. The highest BCUT2D eigenvalue weighted by Crippen LogP contribution is 2.27. The standard InChI is InChI=1S/C10H18FNO/c1-4-7-8(5-6(2)3)12-10(13)9(7)11/h6-9H,4-5H2,1-3H3,(H,12,13). The van der Waals surface area contributed by atoms with E-state index in [2.05, 4.69) is 19.2 Å². The van der Waals surface area contributed by atoms with Crippen molar-refractivity contribution in [2.75, 3.05) is 0 Å². The first-order chi connectivity index (χ1) is 6.06. The minimum absolute atomic E-state index is 0.0486. The number of halogens is 1. The highest BCUT2D eigenvalue weighted by molar-refractivity contribution is 5.83. The second kappa shape index (κ2) is 4.07. The summed E-state index contributed by atoms with van der Waals surface area (Å²) in [6, 6.07) is 0.0486. The Morgan fingerprint density at radius 2 is 2.15 bits per heavy atom. The molecule has 76 valence electrons. The van der Waals surface area contributed by atoms with Crippen molar-refractivity contribution in [2.24, 2.45) is 11.8 Å². The zero-order valence-electron chi connectivity index (χ0n) is 8.51. The van der Waals surface area contributed by atoms with Crippen LogP contribution >= 0.6 is 0 Å². The molecule has 3 heteroatoms. The van der Waals surface area contributed by atoms with Crippen molar-refractivity contribution in [2.45, 2.75) is 45.8 Å². The van der Waals surface area contributed by atoms with Crippen LogP contribution in [-0.2, 0) is 4.79 Å². The minimum Gasteiger partial charge on any atom is -0.350 e. The molecule has 1 N–H and O–H groups in total. The third-order valence-electron chi connectivity index (χ3n) is 2.67. The lowest BCUT2D eigenvalue weighted by Gasteiger charge is -2.19. The molecule has 13 heavy (non-hydrogen) atoms. The summed E-state index contributed by atoms with van der Waals surface area (Å²) in [5.74, 6) is -0.0305. The molecule has 0 saturated carbocycles. The average molecular weight is 187 g/mol. The van der Waals surface area contributed by atoms with E-state index in [0.717, 1.165) is 12.8 Å². The summed E-state index contributed by atoms with van der Waals surface area (Å²) in [7, 11) is 0. The highest BCUT2D eigenvalue weighted by Gasteiger charge is 2.41. The number of hydrogen-bond donors (Lipinski definition) is 1. The maximum absolute atomic E-state index is 13.3. The topological polar surface area (TPSA) is 29.1 Å². The predicted octanol–water partition coefficient (Wildman–Crippen LogP) is 1.90. The molecule has 1 fully saturated rings. The molecule has 3 unspecified atom stereocenters. The second-order valence-corrected chi connectivity index (χ2v) is 4.22. The van der Waals surface area contributed by atoms with Crippen molar-refractivity contribution in [3.63, 3.8) is 0 Å². The Morgan fingerprint density at radius 1 is 1.54 bits per heavy atom. The zero-order chi connectivity index (χ0) is 10.0. The van der Waals surface area contributed by atoms with Crippen molar-refractivity contribution >= 4 is 5.91 Å². The van der Waals surface area contributed by atoms with Gasteiger partial charge in [0.1, 0.15) is 0 Å². The number of amides is 1. The van der Waals surface area contributed by atoms with Crippen LogP contribution in [0.2, 0.25) is 0 Å². The molecule has 0 aliphatic carbocycles. The van der Waals surface area contributed by atoms with Crippen molar-refractivity contribution in [1.82, 2.24) is 5.32 Å². The van der Waals surface area contributed by atoms with Crippen molar-refractivity contribution < 1.29 is 9.18 Å². The summed E-state index contributed by atoms with van der Waals surface area (Å²) in [6.45, 7) is 6.11. The van der Waals surface area contributed by atoms with Gasteiger partial charge >= 0.3 is 0 Å². The molecule has 1 amide bonds. The van der Waals surface area contributed by atoms with Crippen molar-refractivity contribution in [3.8, 4) is 0 Å². The summed E-state index contributed by atoms with van der Waals surface area (Å²) in [5.41, 5.74) is 0. The number of carbonyl (C=O) groups is 1. The van der Waals surface area contributed by atoms with E-state index >= 15 is 0 Å². The first-order valence-electron chi connectivity index (χ1n) is 5.00. The van der Waals surface area contributed by atoms with Crippen molar-refractivity contribution in [1.29, 1.82) is 0 Å². The van der Waals surface area contributed by atoms with Gasteiger partial charge in [0.2, 0.25) is 0 Å². The van der Waals surface area contributed by atoms with Crippen LogP contribution in [0.5, 0.6) is 0 Å². The normalized spacial score (nSPS) is 33.9. The van der Waals surface area contributed by atoms with Gasteiger partial charge in [0.05, 0.1) is 0 Å². The van der Waals surface area contributed by atoms with Crippen molar-refractivity contribution in [3.05, 3.63) is 0 Å². The molecule has 0 spiro atoms. The van der Waals surface area contributed by atoms with Crippen LogP contribution in [0, 0.1) is 11.8 Å². The molecular weight excluding hydrogens is 169 g/mol. The molecule has 0 aromatic carbocycles. The molecule has 2 nitrogen and oxygen atoms in total. The summed E-state index contributed by atoms with van der Waals surface area (Å²) < 4.78 is 13.3. The number of alkyl halides is 1. The fourth-order valence-corrected chi connectivity index (χ4v) is 2.00. The van der Waals surface area contributed by atoms with Gasteiger partial charge in [-0.1, -0.05) is 20.8 Å². The first-order valence-corrected chi connectivity index (χ1v) is 5.00. The van der Waals surface area contributed by atoms with Crippen LogP contribution in [-0.4, -0.2) is 18.1 Å². The first kappa shape index (κ1) is 10.5. The third-order valence-corrected chi connectivity index (χ3v) is 2.67. The molecular formula is C10H18FNO. The predicted molar refractivity (Wildman–Crippen MR) is 50.1 cm³/mol. The fraction of sp³-hybridized carbons (Fsp3) is 0.900. The maximum atomic E-state index is 13.3. The minimum atomic E-state index is -1.28. The van der Waals surface area contributed by atoms with E-state index in [-0.39, 0.29) is 12.0 Å². The lowest BCUT2D eigenvalue weighted by atomic mass is 9.90. The molecule has 1 heterocycles. The molecule has 1 saturated heterocycles. The molecule has 0 bridgehead atoms. The van der Waals surface area contributed by atoms with E-state index in [1.807, 2.05) is 6.92 Å². The molecule has 1 aliphatic heterocycles. The van der Waals surface area contributed by atoms with E-state index in [1.165, 1.54) is 0 Å². The summed E-state index contributed by atoms with van der Waals surface area (Å²) in [4.78, 5) is 11.0. The molecule has 0 radical (unpaired) electrons. The Hall–Kier alpha value is -0.600. The van der Waals surface area contributed by atoms with E-state index in [1.54, 1.807) is 0 Å².